The van der Waals surface area contributed by atoms with Crippen molar-refractivity contribution < 1.29 is 9.53 Å². The van der Waals surface area contributed by atoms with Crippen molar-refractivity contribution in [3.63, 3.8) is 0 Å². The molecule has 3 aliphatic rings. The summed E-state index contributed by atoms with van der Waals surface area (Å²) in [5.41, 5.74) is 1.88. The number of carbonyl (C=O) groups is 1. The average molecular weight is 420 g/mol. The third-order valence-corrected chi connectivity index (χ3v) is 7.67. The molecule has 2 saturated heterocycles. The Bertz CT molecular complexity index is 859. The van der Waals surface area contributed by atoms with E-state index >= 15 is 0 Å². The van der Waals surface area contributed by atoms with E-state index in [1.165, 1.54) is 44.2 Å². The molecular formula is C26H33N3O2. The number of hydrogen-bond acceptors (Lipinski definition) is 4. The van der Waals surface area contributed by atoms with Crippen LogP contribution in [-0.4, -0.2) is 53.0 Å². The maximum Gasteiger partial charge on any atom is 0.260 e. The second-order valence-electron chi connectivity index (χ2n) is 9.49. The SMILES string of the molecule is O=C(COc1ccccc1)N1CCC(N2CC3(CCCCC3)C2c2ccncc2)CC1. The lowest BCUT2D eigenvalue weighted by molar-refractivity contribution is -0.144. The largest absolute Gasteiger partial charge is 0.484 e. The first kappa shape index (κ1) is 20.5. The molecule has 1 saturated carbocycles. The van der Waals surface area contributed by atoms with Crippen LogP contribution in [0.2, 0.25) is 0 Å². The van der Waals surface area contributed by atoms with E-state index in [-0.39, 0.29) is 12.5 Å². The molecule has 5 nitrogen and oxygen atoms in total. The van der Waals surface area contributed by atoms with Crippen LogP contribution in [0.1, 0.15) is 56.6 Å². The van der Waals surface area contributed by atoms with E-state index in [9.17, 15) is 4.79 Å². The smallest absolute Gasteiger partial charge is 0.260 e. The van der Waals surface area contributed by atoms with Gasteiger partial charge < -0.3 is 9.64 Å². The molecule has 1 unspecified atom stereocenters. The van der Waals surface area contributed by atoms with Crippen molar-refractivity contribution in [1.29, 1.82) is 0 Å². The van der Waals surface area contributed by atoms with Gasteiger partial charge in [0.15, 0.2) is 6.61 Å². The van der Waals surface area contributed by atoms with Crippen LogP contribution in [0.15, 0.2) is 54.9 Å². The van der Waals surface area contributed by atoms with Gasteiger partial charge in [-0.2, -0.15) is 0 Å². The first-order valence-electron chi connectivity index (χ1n) is 11.9. The van der Waals surface area contributed by atoms with Crippen molar-refractivity contribution in [1.82, 2.24) is 14.8 Å². The second kappa shape index (κ2) is 8.99. The molecule has 0 radical (unpaired) electrons. The van der Waals surface area contributed by atoms with E-state index in [4.69, 9.17) is 4.74 Å². The third kappa shape index (κ3) is 4.20. The predicted octanol–water partition coefficient (Wildman–Crippen LogP) is 4.46. The molecule has 5 rings (SSSR count). The van der Waals surface area contributed by atoms with Crippen molar-refractivity contribution in [2.75, 3.05) is 26.2 Å². The molecule has 1 aromatic carbocycles. The highest BCUT2D eigenvalue weighted by molar-refractivity contribution is 5.77. The van der Waals surface area contributed by atoms with Crippen molar-refractivity contribution in [2.24, 2.45) is 5.41 Å². The minimum Gasteiger partial charge on any atom is -0.484 e. The molecule has 1 aliphatic carbocycles. The maximum atomic E-state index is 12.6. The Kier molecular flexibility index (Phi) is 5.95. The highest BCUT2D eigenvalue weighted by atomic mass is 16.5. The van der Waals surface area contributed by atoms with Crippen molar-refractivity contribution in [3.8, 4) is 5.75 Å². The van der Waals surface area contributed by atoms with Crippen molar-refractivity contribution >= 4 is 5.91 Å². The van der Waals surface area contributed by atoms with Crippen LogP contribution >= 0.6 is 0 Å². The second-order valence-corrected chi connectivity index (χ2v) is 9.49. The van der Waals surface area contributed by atoms with Gasteiger partial charge in [-0.15, -0.1) is 0 Å². The van der Waals surface area contributed by atoms with E-state index in [2.05, 4.69) is 22.0 Å². The fraction of sp³-hybridized carbons (Fsp3) is 0.538. The number of rotatable bonds is 5. The Hall–Kier alpha value is -2.40. The van der Waals surface area contributed by atoms with Gasteiger partial charge in [0.25, 0.3) is 5.91 Å². The van der Waals surface area contributed by atoms with E-state index in [1.54, 1.807) is 0 Å². The van der Waals surface area contributed by atoms with Gasteiger partial charge in [0.2, 0.25) is 0 Å². The van der Waals surface area contributed by atoms with Crippen LogP contribution in [-0.2, 0) is 4.79 Å². The molecule has 2 aliphatic heterocycles. The Morgan fingerprint density at radius 1 is 1.00 bits per heavy atom. The zero-order valence-corrected chi connectivity index (χ0v) is 18.3. The van der Waals surface area contributed by atoms with Crippen LogP contribution in [0.25, 0.3) is 0 Å². The van der Waals surface area contributed by atoms with Gasteiger partial charge in [-0.1, -0.05) is 37.5 Å². The number of likely N-dealkylation sites (tertiary alicyclic amines) is 2. The molecule has 1 aromatic heterocycles. The van der Waals surface area contributed by atoms with E-state index < -0.39 is 0 Å². The summed E-state index contributed by atoms with van der Waals surface area (Å²) in [6.45, 7) is 3.00. The topological polar surface area (TPSA) is 45.7 Å². The standard InChI is InChI=1S/C26H33N3O2/c30-24(19-31-23-7-3-1-4-8-23)28-17-11-22(12-18-28)29-20-26(13-5-2-6-14-26)25(29)21-9-15-27-16-10-21/h1,3-4,7-10,15-16,22,25H,2,5-6,11-14,17-20H2. The van der Waals surface area contributed by atoms with Gasteiger partial charge in [-0.05, 0) is 55.5 Å². The fourth-order valence-corrected chi connectivity index (χ4v) is 6.10. The molecule has 3 heterocycles. The molecule has 2 aromatic rings. The molecule has 1 spiro atoms. The zero-order chi connectivity index (χ0) is 21.1. The van der Waals surface area contributed by atoms with Gasteiger partial charge in [0.05, 0.1) is 0 Å². The lowest BCUT2D eigenvalue weighted by Gasteiger charge is -2.63. The van der Waals surface area contributed by atoms with Crippen molar-refractivity contribution in [3.05, 3.63) is 60.4 Å². The summed E-state index contributed by atoms with van der Waals surface area (Å²) in [6, 6.07) is 15.1. The molecule has 31 heavy (non-hydrogen) atoms. The maximum absolute atomic E-state index is 12.6. The summed E-state index contributed by atoms with van der Waals surface area (Å²) in [6.07, 6.45) is 12.8. The third-order valence-electron chi connectivity index (χ3n) is 7.67. The van der Waals surface area contributed by atoms with Crippen LogP contribution in [0.5, 0.6) is 5.75 Å². The highest BCUT2D eigenvalue weighted by Gasteiger charge is 2.54. The lowest BCUT2D eigenvalue weighted by Crippen LogP contribution is -2.64. The van der Waals surface area contributed by atoms with Gasteiger partial charge in [-0.3, -0.25) is 14.7 Å². The number of piperidine rings is 1. The Morgan fingerprint density at radius 3 is 2.42 bits per heavy atom. The molecule has 164 valence electrons. The monoisotopic (exact) mass is 419 g/mol. The van der Waals surface area contributed by atoms with Gasteiger partial charge in [0.1, 0.15) is 5.75 Å². The van der Waals surface area contributed by atoms with E-state index in [1.807, 2.05) is 47.6 Å². The van der Waals surface area contributed by atoms with Gasteiger partial charge >= 0.3 is 0 Å². The van der Waals surface area contributed by atoms with Crippen molar-refractivity contribution in [2.45, 2.75) is 57.0 Å². The van der Waals surface area contributed by atoms with Gasteiger partial charge in [-0.25, -0.2) is 0 Å². The van der Waals surface area contributed by atoms with Crippen LogP contribution < -0.4 is 4.74 Å². The summed E-state index contributed by atoms with van der Waals surface area (Å²) in [5.74, 6) is 0.852. The molecule has 5 heteroatoms. The normalized spacial score (nSPS) is 24.0. The summed E-state index contributed by atoms with van der Waals surface area (Å²) in [7, 11) is 0. The number of carbonyl (C=O) groups excluding carboxylic acids is 1. The molecule has 1 amide bonds. The molecule has 0 bridgehead atoms. The summed E-state index contributed by atoms with van der Waals surface area (Å²) in [5, 5.41) is 0. The predicted molar refractivity (Wildman–Crippen MR) is 121 cm³/mol. The van der Waals surface area contributed by atoms with Crippen LogP contribution in [0.3, 0.4) is 0 Å². The summed E-state index contributed by atoms with van der Waals surface area (Å²) >= 11 is 0. The average Bonchev–Trinajstić information content (AvgIpc) is 2.83. The molecule has 0 N–H and O–H groups in total. The number of hydrogen-bond donors (Lipinski definition) is 0. The van der Waals surface area contributed by atoms with Gasteiger partial charge in [0, 0.05) is 49.5 Å². The Balaban J connectivity index is 1.19. The van der Waals surface area contributed by atoms with Crippen LogP contribution in [0.4, 0.5) is 0 Å². The van der Waals surface area contributed by atoms with E-state index in [0.717, 1.165) is 31.7 Å². The lowest BCUT2D eigenvalue weighted by atomic mass is 9.60. The first-order chi connectivity index (χ1) is 15.3. The molecular weight excluding hydrogens is 386 g/mol. The minimum atomic E-state index is 0.0975. The number of benzene rings is 1. The Morgan fingerprint density at radius 2 is 1.71 bits per heavy atom. The zero-order valence-electron chi connectivity index (χ0n) is 18.3. The summed E-state index contributed by atoms with van der Waals surface area (Å²) in [4.78, 5) is 21.6. The fourth-order valence-electron chi connectivity index (χ4n) is 6.10. The number of amides is 1. The quantitative estimate of drug-likeness (QED) is 0.718. The van der Waals surface area contributed by atoms with Crippen LogP contribution in [0, 0.1) is 5.41 Å². The highest BCUT2D eigenvalue weighted by Crippen LogP contribution is 2.58. The number of ether oxygens (including phenoxy) is 1. The Labute approximate surface area is 185 Å². The number of pyridine rings is 1. The number of para-hydroxylation sites is 1. The summed E-state index contributed by atoms with van der Waals surface area (Å²) < 4.78 is 5.67. The minimum absolute atomic E-state index is 0.0975. The number of nitrogens with zero attached hydrogens (tertiary/aromatic N) is 3. The first-order valence-corrected chi connectivity index (χ1v) is 11.9. The molecule has 1 atom stereocenters. The molecule has 3 fully saturated rings. The van der Waals surface area contributed by atoms with E-state index in [0.29, 0.717) is 17.5 Å². The number of aromatic nitrogens is 1.